The van der Waals surface area contributed by atoms with Crippen LogP contribution in [-0.2, 0) is 6.18 Å². The Morgan fingerprint density at radius 1 is 1.28 bits per heavy atom. The Bertz CT molecular complexity index is 875. The highest BCUT2D eigenvalue weighted by atomic mass is 19.4. The Balaban J connectivity index is 2.78. The van der Waals surface area contributed by atoms with E-state index in [0.717, 1.165) is 10.7 Å². The van der Waals surface area contributed by atoms with E-state index in [2.05, 4.69) is 9.95 Å². The molecule has 25 heavy (non-hydrogen) atoms. The average molecular weight is 347 g/mol. The number of aromatic nitrogens is 1. The molecule has 0 aliphatic carbocycles. The van der Waals surface area contributed by atoms with Crippen LogP contribution in [0.25, 0.3) is 16.1 Å². The standard InChI is InChI=1S/C18H16F3N3O/c1-12(2)9-10-23-24-15(13-7-5-4-6-8-13)11-14(18(19,20)21)16(22-3)17(24)25/h4-8,10-12H,9H2,1-2H3/b23-10+. The first kappa shape index (κ1) is 18.5. The Morgan fingerprint density at radius 2 is 1.92 bits per heavy atom. The Labute approximate surface area is 143 Å². The van der Waals surface area contributed by atoms with Crippen LogP contribution < -0.4 is 5.56 Å². The molecule has 1 aromatic carbocycles. The third kappa shape index (κ3) is 4.15. The molecule has 2 aromatic rings. The second kappa shape index (κ2) is 7.34. The van der Waals surface area contributed by atoms with Crippen LogP contribution in [0, 0.1) is 12.5 Å². The van der Waals surface area contributed by atoms with Crippen molar-refractivity contribution >= 4 is 11.9 Å². The van der Waals surface area contributed by atoms with E-state index in [1.54, 1.807) is 30.3 Å². The SMILES string of the molecule is [C-]#[N+]c1c(C(F)(F)F)cc(-c2ccccc2)n(/N=C/CC(C)C)c1=O. The molecule has 0 atom stereocenters. The highest BCUT2D eigenvalue weighted by Gasteiger charge is 2.36. The Morgan fingerprint density at radius 3 is 2.44 bits per heavy atom. The van der Waals surface area contributed by atoms with E-state index >= 15 is 0 Å². The van der Waals surface area contributed by atoms with E-state index in [0.29, 0.717) is 12.0 Å². The van der Waals surface area contributed by atoms with Gasteiger partial charge in [0.25, 0.3) is 11.2 Å². The minimum Gasteiger partial charge on any atom is -0.281 e. The predicted molar refractivity (Wildman–Crippen MR) is 90.7 cm³/mol. The van der Waals surface area contributed by atoms with Gasteiger partial charge in [-0.1, -0.05) is 44.2 Å². The Hall–Kier alpha value is -2.88. The molecule has 1 heterocycles. The van der Waals surface area contributed by atoms with E-state index < -0.39 is 23.0 Å². The van der Waals surface area contributed by atoms with Gasteiger partial charge in [0, 0.05) is 11.8 Å². The third-order valence-electron chi connectivity index (χ3n) is 3.42. The monoisotopic (exact) mass is 347 g/mol. The summed E-state index contributed by atoms with van der Waals surface area (Å²) < 4.78 is 40.7. The largest absolute Gasteiger partial charge is 0.407 e. The fraction of sp³-hybridized carbons (Fsp3) is 0.278. The number of hydrogen-bond donors (Lipinski definition) is 0. The molecule has 4 nitrogen and oxygen atoms in total. The topological polar surface area (TPSA) is 38.7 Å². The van der Waals surface area contributed by atoms with Crippen molar-refractivity contribution in [2.24, 2.45) is 11.0 Å². The summed E-state index contributed by atoms with van der Waals surface area (Å²) in [5.41, 5.74) is -2.91. The molecule has 0 fully saturated rings. The molecule has 1 aromatic heterocycles. The number of hydrogen-bond acceptors (Lipinski definition) is 2. The molecule has 0 radical (unpaired) electrons. The van der Waals surface area contributed by atoms with Crippen LogP contribution in [-0.4, -0.2) is 10.9 Å². The van der Waals surface area contributed by atoms with E-state index in [4.69, 9.17) is 6.57 Å². The summed E-state index contributed by atoms with van der Waals surface area (Å²) in [6.45, 7) is 10.9. The van der Waals surface area contributed by atoms with Crippen molar-refractivity contribution in [3.05, 3.63) is 63.7 Å². The Kier molecular flexibility index (Phi) is 5.42. The van der Waals surface area contributed by atoms with Gasteiger partial charge in [-0.15, -0.1) is 0 Å². The zero-order chi connectivity index (χ0) is 18.6. The summed E-state index contributed by atoms with van der Waals surface area (Å²) in [5, 5.41) is 4.02. The predicted octanol–water partition coefficient (Wildman–Crippen LogP) is 4.96. The second-order valence-electron chi connectivity index (χ2n) is 5.81. The van der Waals surface area contributed by atoms with Gasteiger partial charge < -0.3 is 0 Å². The molecule has 130 valence electrons. The minimum absolute atomic E-state index is 0.00895. The number of rotatable bonds is 4. The number of alkyl halides is 3. The van der Waals surface area contributed by atoms with Gasteiger partial charge in [0.2, 0.25) is 0 Å². The van der Waals surface area contributed by atoms with Gasteiger partial charge in [-0.2, -0.15) is 18.3 Å². The fourth-order valence-electron chi connectivity index (χ4n) is 2.18. The van der Waals surface area contributed by atoms with Crippen molar-refractivity contribution in [3.63, 3.8) is 0 Å². The van der Waals surface area contributed by atoms with Crippen LogP contribution in [0.5, 0.6) is 0 Å². The van der Waals surface area contributed by atoms with Gasteiger partial charge in [0.1, 0.15) is 0 Å². The summed E-state index contributed by atoms with van der Waals surface area (Å²) >= 11 is 0. The molecular weight excluding hydrogens is 331 g/mol. The fourth-order valence-corrected chi connectivity index (χ4v) is 2.18. The second-order valence-corrected chi connectivity index (χ2v) is 5.81. The molecule has 0 saturated carbocycles. The maximum atomic E-state index is 13.3. The van der Waals surface area contributed by atoms with Crippen molar-refractivity contribution in [1.82, 2.24) is 4.68 Å². The zero-order valence-corrected chi connectivity index (χ0v) is 13.7. The molecule has 0 saturated heterocycles. The van der Waals surface area contributed by atoms with Crippen LogP contribution >= 0.6 is 0 Å². The summed E-state index contributed by atoms with van der Waals surface area (Å²) in [6, 6.07) is 8.99. The van der Waals surface area contributed by atoms with Crippen molar-refractivity contribution in [3.8, 4) is 11.3 Å². The quantitative estimate of drug-likeness (QED) is 0.569. The third-order valence-corrected chi connectivity index (χ3v) is 3.42. The van der Waals surface area contributed by atoms with Crippen molar-refractivity contribution < 1.29 is 13.2 Å². The normalized spacial score (nSPS) is 11.9. The van der Waals surface area contributed by atoms with Gasteiger partial charge in [0.15, 0.2) is 0 Å². The van der Waals surface area contributed by atoms with Crippen LogP contribution in [0.2, 0.25) is 0 Å². The van der Waals surface area contributed by atoms with Gasteiger partial charge in [-0.05, 0) is 18.4 Å². The van der Waals surface area contributed by atoms with Gasteiger partial charge in [-0.3, -0.25) is 4.79 Å². The lowest BCUT2D eigenvalue weighted by Crippen LogP contribution is -2.22. The smallest absolute Gasteiger partial charge is 0.281 e. The summed E-state index contributed by atoms with van der Waals surface area (Å²) in [6.07, 6.45) is -2.78. The summed E-state index contributed by atoms with van der Waals surface area (Å²) in [4.78, 5) is 15.3. The molecule has 7 heteroatoms. The van der Waals surface area contributed by atoms with Crippen molar-refractivity contribution in [1.29, 1.82) is 0 Å². The van der Waals surface area contributed by atoms with Gasteiger partial charge in [0.05, 0.1) is 17.8 Å². The lowest BCUT2D eigenvalue weighted by molar-refractivity contribution is -0.136. The lowest BCUT2D eigenvalue weighted by Gasteiger charge is -2.14. The molecule has 2 rings (SSSR count). The lowest BCUT2D eigenvalue weighted by atomic mass is 10.1. The molecule has 0 unspecified atom stereocenters. The summed E-state index contributed by atoms with van der Waals surface area (Å²) in [7, 11) is 0. The minimum atomic E-state index is -4.80. The van der Waals surface area contributed by atoms with Crippen LogP contribution in [0.4, 0.5) is 18.9 Å². The number of pyridine rings is 1. The number of nitrogens with zero attached hydrogens (tertiary/aromatic N) is 3. The molecule has 0 spiro atoms. The van der Waals surface area contributed by atoms with Gasteiger partial charge in [-0.25, -0.2) is 9.52 Å². The number of halogens is 3. The molecule has 0 bridgehead atoms. The van der Waals surface area contributed by atoms with Crippen molar-refractivity contribution in [2.75, 3.05) is 0 Å². The highest BCUT2D eigenvalue weighted by molar-refractivity contribution is 5.67. The average Bonchev–Trinajstić information content (AvgIpc) is 2.55. The van der Waals surface area contributed by atoms with E-state index in [-0.39, 0.29) is 11.6 Å². The molecule has 0 aliphatic heterocycles. The molecule has 0 aliphatic rings. The zero-order valence-electron chi connectivity index (χ0n) is 13.7. The first-order valence-electron chi connectivity index (χ1n) is 7.58. The van der Waals surface area contributed by atoms with Gasteiger partial charge >= 0.3 is 6.18 Å². The van der Waals surface area contributed by atoms with Crippen LogP contribution in [0.3, 0.4) is 0 Å². The first-order valence-corrected chi connectivity index (χ1v) is 7.58. The highest BCUT2D eigenvalue weighted by Crippen LogP contribution is 2.36. The maximum Gasteiger partial charge on any atom is 0.407 e. The first-order chi connectivity index (χ1) is 11.8. The molecular formula is C18H16F3N3O. The van der Waals surface area contributed by atoms with Crippen LogP contribution in [0.15, 0.2) is 46.3 Å². The van der Waals surface area contributed by atoms with Crippen LogP contribution in [0.1, 0.15) is 25.8 Å². The molecule has 0 amide bonds. The van der Waals surface area contributed by atoms with E-state index in [1.807, 2.05) is 13.8 Å². The maximum absolute atomic E-state index is 13.3. The van der Waals surface area contributed by atoms with Crippen molar-refractivity contribution in [2.45, 2.75) is 26.4 Å². The number of benzene rings is 1. The van der Waals surface area contributed by atoms with E-state index in [9.17, 15) is 18.0 Å². The molecule has 0 N–H and O–H groups in total. The van der Waals surface area contributed by atoms with E-state index in [1.165, 1.54) is 6.21 Å². The summed E-state index contributed by atoms with van der Waals surface area (Å²) in [5.74, 6) is 0.273.